The SMILES string of the molecule is CCOC(=O)C(N=O)c1c[nH]c2c(CC)cccc12. The van der Waals surface area contributed by atoms with Gasteiger partial charge in [-0.25, -0.2) is 4.79 Å². The molecular formula is C14H16N2O3. The third kappa shape index (κ3) is 2.36. The van der Waals surface area contributed by atoms with Gasteiger partial charge in [-0.2, -0.15) is 0 Å². The molecule has 0 amide bonds. The Morgan fingerprint density at radius 2 is 2.21 bits per heavy atom. The number of ether oxygens (including phenoxy) is 1. The van der Waals surface area contributed by atoms with Crippen molar-refractivity contribution in [2.45, 2.75) is 26.3 Å². The van der Waals surface area contributed by atoms with Crippen LogP contribution in [0.2, 0.25) is 0 Å². The Morgan fingerprint density at radius 3 is 2.84 bits per heavy atom. The zero-order chi connectivity index (χ0) is 13.8. The van der Waals surface area contributed by atoms with E-state index in [1.165, 1.54) is 0 Å². The second-order valence-electron chi connectivity index (χ2n) is 4.20. The second kappa shape index (κ2) is 5.65. The van der Waals surface area contributed by atoms with E-state index in [2.05, 4.69) is 17.1 Å². The number of nitrogens with zero attached hydrogens (tertiary/aromatic N) is 1. The van der Waals surface area contributed by atoms with E-state index in [9.17, 15) is 9.70 Å². The molecule has 1 N–H and O–H groups in total. The fourth-order valence-corrected chi connectivity index (χ4v) is 2.21. The highest BCUT2D eigenvalue weighted by Crippen LogP contribution is 2.29. The van der Waals surface area contributed by atoms with E-state index in [1.807, 2.05) is 18.2 Å². The summed E-state index contributed by atoms with van der Waals surface area (Å²) in [5.41, 5.74) is 2.65. The van der Waals surface area contributed by atoms with Gasteiger partial charge in [-0.05, 0) is 24.1 Å². The predicted octanol–water partition coefficient (Wildman–Crippen LogP) is 3.10. The van der Waals surface area contributed by atoms with Gasteiger partial charge in [0.1, 0.15) is 0 Å². The van der Waals surface area contributed by atoms with Crippen molar-refractivity contribution in [3.63, 3.8) is 0 Å². The van der Waals surface area contributed by atoms with E-state index in [4.69, 9.17) is 4.74 Å². The van der Waals surface area contributed by atoms with Crippen LogP contribution in [-0.4, -0.2) is 17.6 Å². The molecule has 5 nitrogen and oxygen atoms in total. The molecule has 0 aliphatic carbocycles. The molecule has 2 aromatic rings. The maximum absolute atomic E-state index is 11.7. The van der Waals surface area contributed by atoms with E-state index in [0.717, 1.165) is 22.9 Å². The number of H-pyrrole nitrogens is 1. The number of aromatic amines is 1. The summed E-state index contributed by atoms with van der Waals surface area (Å²) in [4.78, 5) is 25.8. The number of hydrogen-bond donors (Lipinski definition) is 1. The van der Waals surface area contributed by atoms with Crippen molar-refractivity contribution >= 4 is 16.9 Å². The quantitative estimate of drug-likeness (QED) is 0.663. The van der Waals surface area contributed by atoms with Crippen LogP contribution in [0.1, 0.15) is 31.0 Å². The number of aromatic nitrogens is 1. The lowest BCUT2D eigenvalue weighted by atomic mass is 10.0. The van der Waals surface area contributed by atoms with Crippen molar-refractivity contribution in [2.24, 2.45) is 5.18 Å². The summed E-state index contributed by atoms with van der Waals surface area (Å²) in [7, 11) is 0. The zero-order valence-corrected chi connectivity index (χ0v) is 11.0. The van der Waals surface area contributed by atoms with Gasteiger partial charge in [0.2, 0.25) is 6.04 Å². The molecule has 0 saturated carbocycles. The van der Waals surface area contributed by atoms with Gasteiger partial charge in [0.25, 0.3) is 0 Å². The minimum absolute atomic E-state index is 0.230. The van der Waals surface area contributed by atoms with Gasteiger partial charge < -0.3 is 9.72 Å². The number of aryl methyl sites for hydroxylation is 1. The summed E-state index contributed by atoms with van der Waals surface area (Å²) in [6, 6.07) is 4.68. The fraction of sp³-hybridized carbons (Fsp3) is 0.357. The van der Waals surface area contributed by atoms with Gasteiger partial charge in [0.15, 0.2) is 0 Å². The van der Waals surface area contributed by atoms with Crippen molar-refractivity contribution in [2.75, 3.05) is 6.61 Å². The van der Waals surface area contributed by atoms with Crippen LogP contribution in [0.5, 0.6) is 0 Å². The van der Waals surface area contributed by atoms with E-state index >= 15 is 0 Å². The normalized spacial score (nSPS) is 12.3. The second-order valence-corrected chi connectivity index (χ2v) is 4.20. The number of para-hydroxylation sites is 1. The van der Waals surface area contributed by atoms with Gasteiger partial charge in [-0.3, -0.25) is 0 Å². The molecule has 19 heavy (non-hydrogen) atoms. The van der Waals surface area contributed by atoms with Crippen LogP contribution < -0.4 is 0 Å². The highest BCUT2D eigenvalue weighted by Gasteiger charge is 2.26. The van der Waals surface area contributed by atoms with Crippen LogP contribution in [-0.2, 0) is 16.0 Å². The first-order chi connectivity index (χ1) is 9.22. The maximum Gasteiger partial charge on any atom is 0.339 e. The first-order valence-corrected chi connectivity index (χ1v) is 6.30. The zero-order valence-electron chi connectivity index (χ0n) is 11.0. The molecule has 100 valence electrons. The molecule has 0 spiro atoms. The van der Waals surface area contributed by atoms with E-state index < -0.39 is 12.0 Å². The number of esters is 1. The van der Waals surface area contributed by atoms with E-state index in [0.29, 0.717) is 5.56 Å². The van der Waals surface area contributed by atoms with Gasteiger partial charge >= 0.3 is 5.97 Å². The van der Waals surface area contributed by atoms with Gasteiger partial charge in [-0.1, -0.05) is 25.1 Å². The number of carbonyl (C=O) groups excluding carboxylic acids is 1. The number of nitroso groups, excluding NO2 is 1. The summed E-state index contributed by atoms with van der Waals surface area (Å²) < 4.78 is 4.88. The van der Waals surface area contributed by atoms with Crippen molar-refractivity contribution in [3.05, 3.63) is 40.4 Å². The summed E-state index contributed by atoms with van der Waals surface area (Å²) in [5.74, 6) is -0.611. The lowest BCUT2D eigenvalue weighted by molar-refractivity contribution is -0.144. The standard InChI is InChI=1S/C14H16N2O3/c1-3-9-6-5-7-10-11(8-15-12(9)10)13(16-18)14(17)19-4-2/h5-8,13,15H,3-4H2,1-2H3. The van der Waals surface area contributed by atoms with Crippen LogP contribution in [0.25, 0.3) is 10.9 Å². The Hall–Kier alpha value is -2.17. The molecule has 0 bridgehead atoms. The Bertz CT molecular complexity index is 604. The topological polar surface area (TPSA) is 71.5 Å². The Labute approximate surface area is 110 Å². The average molecular weight is 260 g/mol. The largest absolute Gasteiger partial charge is 0.464 e. The molecule has 1 aromatic heterocycles. The number of benzene rings is 1. The molecule has 0 saturated heterocycles. The first kappa shape index (κ1) is 13.3. The average Bonchev–Trinajstić information content (AvgIpc) is 2.84. The van der Waals surface area contributed by atoms with Crippen molar-refractivity contribution in [3.8, 4) is 0 Å². The molecule has 1 unspecified atom stereocenters. The molecule has 1 heterocycles. The summed E-state index contributed by atoms with van der Waals surface area (Å²) in [6.45, 7) is 3.98. The summed E-state index contributed by atoms with van der Waals surface area (Å²) in [5, 5.41) is 3.75. The minimum atomic E-state index is -1.11. The molecule has 2 rings (SSSR count). The molecule has 5 heteroatoms. The monoisotopic (exact) mass is 260 g/mol. The Morgan fingerprint density at radius 1 is 1.42 bits per heavy atom. The third-order valence-electron chi connectivity index (χ3n) is 3.12. The highest BCUT2D eigenvalue weighted by atomic mass is 16.5. The lowest BCUT2D eigenvalue weighted by Crippen LogP contribution is -2.13. The van der Waals surface area contributed by atoms with Crippen molar-refractivity contribution in [1.29, 1.82) is 0 Å². The molecule has 1 aromatic carbocycles. The van der Waals surface area contributed by atoms with E-state index in [1.54, 1.807) is 13.1 Å². The van der Waals surface area contributed by atoms with Gasteiger partial charge in [-0.15, -0.1) is 4.91 Å². The van der Waals surface area contributed by atoms with Gasteiger partial charge in [0.05, 0.1) is 6.61 Å². The van der Waals surface area contributed by atoms with Crippen LogP contribution in [0.3, 0.4) is 0 Å². The van der Waals surface area contributed by atoms with Gasteiger partial charge in [0, 0.05) is 22.7 Å². The number of nitrogens with one attached hydrogen (secondary N) is 1. The minimum Gasteiger partial charge on any atom is -0.464 e. The third-order valence-corrected chi connectivity index (χ3v) is 3.12. The first-order valence-electron chi connectivity index (χ1n) is 6.30. The number of carbonyl (C=O) groups is 1. The lowest BCUT2D eigenvalue weighted by Gasteiger charge is -2.07. The summed E-state index contributed by atoms with van der Waals surface area (Å²) in [6.07, 6.45) is 2.53. The predicted molar refractivity (Wildman–Crippen MR) is 72.8 cm³/mol. The maximum atomic E-state index is 11.7. The molecule has 0 radical (unpaired) electrons. The molecular weight excluding hydrogens is 244 g/mol. The Balaban J connectivity index is 2.50. The molecule has 0 fully saturated rings. The summed E-state index contributed by atoms with van der Waals surface area (Å²) >= 11 is 0. The number of hydrogen-bond acceptors (Lipinski definition) is 4. The van der Waals surface area contributed by atoms with Crippen LogP contribution in [0.4, 0.5) is 0 Å². The smallest absolute Gasteiger partial charge is 0.339 e. The van der Waals surface area contributed by atoms with Crippen LogP contribution in [0.15, 0.2) is 29.6 Å². The fourth-order valence-electron chi connectivity index (χ4n) is 2.21. The van der Waals surface area contributed by atoms with Crippen LogP contribution in [0, 0.1) is 4.91 Å². The number of fused-ring (bicyclic) bond motifs is 1. The highest BCUT2D eigenvalue weighted by molar-refractivity contribution is 5.91. The van der Waals surface area contributed by atoms with Crippen molar-refractivity contribution in [1.82, 2.24) is 4.98 Å². The molecule has 0 aliphatic heterocycles. The van der Waals surface area contributed by atoms with Crippen LogP contribution >= 0.6 is 0 Å². The number of rotatable bonds is 5. The molecule has 0 aliphatic rings. The van der Waals surface area contributed by atoms with E-state index in [-0.39, 0.29) is 6.61 Å². The van der Waals surface area contributed by atoms with Crippen molar-refractivity contribution < 1.29 is 9.53 Å². The Kier molecular flexibility index (Phi) is 3.94. The molecule has 1 atom stereocenters.